The van der Waals surface area contributed by atoms with Gasteiger partial charge in [0.1, 0.15) is 0 Å². The van der Waals surface area contributed by atoms with Crippen LogP contribution in [0.25, 0.3) is 0 Å². The van der Waals surface area contributed by atoms with Crippen LogP contribution in [0.4, 0.5) is 5.69 Å². The Labute approximate surface area is 126 Å². The molecule has 0 saturated carbocycles. The van der Waals surface area contributed by atoms with Crippen LogP contribution in [0.5, 0.6) is 0 Å². The average Bonchev–Trinajstić information content (AvgIpc) is 2.66. The Hall–Kier alpha value is -1.57. The van der Waals surface area contributed by atoms with E-state index in [9.17, 15) is 9.59 Å². The molecule has 0 N–H and O–H groups in total. The van der Waals surface area contributed by atoms with Gasteiger partial charge in [0.05, 0.1) is 32.8 Å². The Morgan fingerprint density at radius 2 is 1.85 bits per heavy atom. The minimum Gasteiger partial charge on any atom is -0.303 e. The average molecular weight is 311 g/mol. The first kappa shape index (κ1) is 14.8. The number of hydrogen-bond acceptors (Lipinski definition) is 3. The van der Waals surface area contributed by atoms with Gasteiger partial charge in [-0.25, -0.2) is 0 Å². The second-order valence-corrected chi connectivity index (χ2v) is 6.10. The Balaban J connectivity index is 2.39. The van der Waals surface area contributed by atoms with Crippen molar-refractivity contribution in [2.75, 3.05) is 11.4 Å². The summed E-state index contributed by atoms with van der Waals surface area (Å²) in [6.45, 7) is 3.80. The molecule has 1 aromatic rings. The van der Waals surface area contributed by atoms with Gasteiger partial charge in [-0.05, 0) is 32.4 Å². The predicted molar refractivity (Wildman–Crippen MR) is 77.2 cm³/mol. The smallest absolute Gasteiger partial charge is 0.299 e. The van der Waals surface area contributed by atoms with Crippen molar-refractivity contribution in [1.82, 2.24) is 0 Å². The van der Waals surface area contributed by atoms with Gasteiger partial charge >= 0.3 is 0 Å². The predicted octanol–water partition coefficient (Wildman–Crippen LogP) is 3.46. The van der Waals surface area contributed by atoms with E-state index >= 15 is 0 Å². The van der Waals surface area contributed by atoms with Gasteiger partial charge in [-0.15, -0.1) is 0 Å². The molecule has 0 aliphatic carbocycles. The van der Waals surface area contributed by atoms with Gasteiger partial charge in [0, 0.05) is 6.54 Å². The molecule has 1 aliphatic rings. The molecule has 1 amide bonds. The topological polar surface area (TPSA) is 61.2 Å². The minimum atomic E-state index is -0.651. The van der Waals surface area contributed by atoms with Crippen molar-refractivity contribution in [1.29, 1.82) is 5.26 Å². The van der Waals surface area contributed by atoms with Gasteiger partial charge in [-0.1, -0.05) is 23.2 Å². The van der Waals surface area contributed by atoms with E-state index in [2.05, 4.69) is 6.07 Å². The largest absolute Gasteiger partial charge is 0.303 e. The van der Waals surface area contributed by atoms with Crippen molar-refractivity contribution in [2.24, 2.45) is 5.41 Å². The van der Waals surface area contributed by atoms with Gasteiger partial charge in [0.15, 0.2) is 0 Å². The summed E-state index contributed by atoms with van der Waals surface area (Å²) >= 11 is 12.1. The van der Waals surface area contributed by atoms with Crippen LogP contribution in [0, 0.1) is 16.7 Å². The molecule has 0 atom stereocenters. The molecule has 0 unspecified atom stereocenters. The Morgan fingerprint density at radius 3 is 2.45 bits per heavy atom. The van der Waals surface area contributed by atoms with Gasteiger partial charge in [0.25, 0.3) is 11.7 Å². The van der Waals surface area contributed by atoms with E-state index < -0.39 is 17.1 Å². The molecule has 4 nitrogen and oxygen atoms in total. The number of fused-ring (bicyclic) bond motifs is 1. The molecule has 0 saturated heterocycles. The zero-order valence-electron chi connectivity index (χ0n) is 11.0. The van der Waals surface area contributed by atoms with Crippen LogP contribution in [0.15, 0.2) is 12.1 Å². The van der Waals surface area contributed by atoms with Crippen LogP contribution >= 0.6 is 23.2 Å². The van der Waals surface area contributed by atoms with Crippen molar-refractivity contribution in [3.8, 4) is 6.07 Å². The molecule has 20 heavy (non-hydrogen) atoms. The highest BCUT2D eigenvalue weighted by Gasteiger charge is 2.39. The van der Waals surface area contributed by atoms with Crippen molar-refractivity contribution in [2.45, 2.75) is 20.3 Å². The first-order valence-electron chi connectivity index (χ1n) is 6.04. The van der Waals surface area contributed by atoms with Gasteiger partial charge in [0.2, 0.25) is 0 Å². The maximum Gasteiger partial charge on any atom is 0.299 e. The van der Waals surface area contributed by atoms with E-state index in [-0.39, 0.29) is 17.1 Å². The summed E-state index contributed by atoms with van der Waals surface area (Å²) in [7, 11) is 0. The summed E-state index contributed by atoms with van der Waals surface area (Å²) in [6.07, 6.45) is 0.435. The fraction of sp³-hybridized carbons (Fsp3) is 0.357. The Bertz CT molecular complexity index is 647. The highest BCUT2D eigenvalue weighted by atomic mass is 35.5. The number of hydrogen-bond donors (Lipinski definition) is 0. The maximum absolute atomic E-state index is 12.0. The van der Waals surface area contributed by atoms with E-state index in [1.807, 2.05) is 0 Å². The van der Waals surface area contributed by atoms with Crippen molar-refractivity contribution in [3.05, 3.63) is 27.7 Å². The molecular weight excluding hydrogens is 299 g/mol. The Morgan fingerprint density at radius 1 is 1.25 bits per heavy atom. The van der Waals surface area contributed by atoms with Gasteiger partial charge in [-0.2, -0.15) is 5.26 Å². The summed E-state index contributed by atoms with van der Waals surface area (Å²) in [5.41, 5.74) is -0.0845. The van der Waals surface area contributed by atoms with Crippen LogP contribution in [-0.4, -0.2) is 18.2 Å². The normalized spacial score (nSPS) is 14.4. The highest BCUT2D eigenvalue weighted by molar-refractivity contribution is 6.56. The monoisotopic (exact) mass is 310 g/mol. The second-order valence-electron chi connectivity index (χ2n) is 5.28. The number of Topliss-reactive ketones (excluding diaryl/α,β-unsaturated/α-hetero) is 1. The first-order chi connectivity index (χ1) is 9.28. The van der Waals surface area contributed by atoms with Crippen LogP contribution in [0.3, 0.4) is 0 Å². The van der Waals surface area contributed by atoms with Crippen molar-refractivity contribution < 1.29 is 9.59 Å². The van der Waals surface area contributed by atoms with E-state index in [4.69, 9.17) is 28.5 Å². The zero-order valence-corrected chi connectivity index (χ0v) is 12.5. The summed E-state index contributed by atoms with van der Waals surface area (Å²) < 4.78 is 0. The minimum absolute atomic E-state index is 0.152. The lowest BCUT2D eigenvalue weighted by Crippen LogP contribution is -2.33. The lowest BCUT2D eigenvalue weighted by atomic mass is 9.91. The fourth-order valence-electron chi connectivity index (χ4n) is 2.01. The van der Waals surface area contributed by atoms with E-state index in [1.165, 1.54) is 11.0 Å². The third kappa shape index (κ3) is 2.39. The van der Waals surface area contributed by atoms with Crippen LogP contribution < -0.4 is 4.90 Å². The van der Waals surface area contributed by atoms with Crippen LogP contribution in [0.1, 0.15) is 30.6 Å². The van der Waals surface area contributed by atoms with Crippen molar-refractivity contribution >= 4 is 40.6 Å². The van der Waals surface area contributed by atoms with E-state index in [1.54, 1.807) is 19.9 Å². The number of carbonyl (C=O) groups excluding carboxylic acids is 2. The highest BCUT2D eigenvalue weighted by Crippen LogP contribution is 2.40. The number of carbonyl (C=O) groups is 2. The molecule has 0 fully saturated rings. The number of amides is 1. The van der Waals surface area contributed by atoms with E-state index in [0.29, 0.717) is 17.1 Å². The third-order valence-electron chi connectivity index (χ3n) is 3.28. The molecule has 1 heterocycles. The SMILES string of the molecule is CC(C)(C#N)CCN1C(=O)C(=O)c2c(Cl)ccc(Cl)c21. The van der Waals surface area contributed by atoms with Crippen LogP contribution in [-0.2, 0) is 4.79 Å². The lowest BCUT2D eigenvalue weighted by Gasteiger charge is -2.22. The van der Waals surface area contributed by atoms with E-state index in [0.717, 1.165) is 0 Å². The number of halogens is 2. The third-order valence-corrected chi connectivity index (χ3v) is 3.90. The molecule has 0 spiro atoms. The van der Waals surface area contributed by atoms with Crippen molar-refractivity contribution in [3.63, 3.8) is 0 Å². The first-order valence-corrected chi connectivity index (χ1v) is 6.79. The molecular formula is C14H12Cl2N2O2. The number of nitriles is 1. The number of anilines is 1. The molecule has 0 aromatic heterocycles. The molecule has 6 heteroatoms. The fourth-order valence-corrected chi connectivity index (χ4v) is 2.51. The second kappa shape index (κ2) is 5.08. The van der Waals surface area contributed by atoms with Crippen LogP contribution in [0.2, 0.25) is 10.0 Å². The molecule has 1 aliphatic heterocycles. The zero-order chi connectivity index (χ0) is 15.1. The maximum atomic E-state index is 12.0. The summed E-state index contributed by atoms with van der Waals surface area (Å²) in [4.78, 5) is 25.3. The standard InChI is InChI=1S/C14H12Cl2N2O2/c1-14(2,7-17)5-6-18-11-9(16)4-3-8(15)10(11)12(19)13(18)20/h3-4H,5-6H2,1-2H3. The Kier molecular flexibility index (Phi) is 3.77. The van der Waals surface area contributed by atoms with Gasteiger partial charge in [-0.3, -0.25) is 9.59 Å². The molecule has 104 valence electrons. The lowest BCUT2D eigenvalue weighted by molar-refractivity contribution is -0.114. The summed E-state index contributed by atoms with van der Waals surface area (Å²) in [5.74, 6) is -1.30. The molecule has 2 rings (SSSR count). The molecule has 0 radical (unpaired) electrons. The molecule has 0 bridgehead atoms. The summed E-state index contributed by atoms with van der Waals surface area (Å²) in [5, 5.41) is 9.53. The van der Waals surface area contributed by atoms with Gasteiger partial charge < -0.3 is 4.90 Å². The quantitative estimate of drug-likeness (QED) is 0.803. The number of benzene rings is 1. The number of rotatable bonds is 3. The number of nitrogens with zero attached hydrogens (tertiary/aromatic N) is 2. The summed E-state index contributed by atoms with van der Waals surface area (Å²) in [6, 6.07) is 5.21. The number of ketones is 1. The molecule has 1 aromatic carbocycles.